The highest BCUT2D eigenvalue weighted by Crippen LogP contribution is 2.40. The maximum atomic E-state index is 11.5. The van der Waals surface area contributed by atoms with Gasteiger partial charge in [0.2, 0.25) is 0 Å². The molecule has 9 aliphatic rings. The second-order valence-corrected chi connectivity index (χ2v) is 25.2. The zero-order valence-corrected chi connectivity index (χ0v) is 52.3. The van der Waals surface area contributed by atoms with Gasteiger partial charge in [-0.25, -0.2) is 0 Å². The molecule has 9 aliphatic heterocycles. The molecule has 0 aromatic rings. The third kappa shape index (κ3) is 16.7. The minimum absolute atomic E-state index is 0.862. The van der Waals surface area contributed by atoms with E-state index in [-0.39, 0.29) is 0 Å². The van der Waals surface area contributed by atoms with Gasteiger partial charge in [0, 0.05) is 0 Å². The molecule has 0 aromatic heterocycles. The summed E-state index contributed by atoms with van der Waals surface area (Å²) in [6, 6.07) is 0. The highest BCUT2D eigenvalue weighted by molar-refractivity contribution is 5.02. The van der Waals surface area contributed by atoms with Gasteiger partial charge in [0.15, 0.2) is 56.6 Å². The van der Waals surface area contributed by atoms with E-state index in [1.54, 1.807) is 0 Å². The molecule has 9 saturated heterocycles. The van der Waals surface area contributed by atoms with Crippen molar-refractivity contribution < 1.29 is 229 Å². The smallest absolute Gasteiger partial charge is 0.187 e. The minimum Gasteiger partial charge on any atom is -0.394 e. The summed E-state index contributed by atoms with van der Waals surface area (Å²) < 4.78 is 94.9. The summed E-state index contributed by atoms with van der Waals surface area (Å²) >= 11 is 0. The number of ether oxygens (including phenoxy) is 17. The van der Waals surface area contributed by atoms with Crippen LogP contribution in [-0.2, 0) is 80.5 Å². The quantitative estimate of drug-likeness (QED) is 0.0404. The Balaban J connectivity index is 0.771. The van der Waals surface area contributed by atoms with Crippen molar-refractivity contribution in [3.05, 3.63) is 0 Å². The molecular formula is C54H92O46. The second kappa shape index (κ2) is 35.5. The lowest BCUT2D eigenvalue weighted by molar-refractivity contribution is -0.400. The molecule has 100 heavy (non-hydrogen) atoms. The number of aliphatic hydroxyl groups excluding tert-OH is 29. The van der Waals surface area contributed by atoms with Crippen LogP contribution in [0, 0.1) is 0 Å². The molecule has 1 unspecified atom stereocenters. The third-order valence-corrected chi connectivity index (χ3v) is 18.8. The van der Waals surface area contributed by atoms with Gasteiger partial charge in [-0.15, -0.1) is 0 Å². The molecule has 9 rings (SSSR count). The van der Waals surface area contributed by atoms with E-state index in [0.29, 0.717) is 0 Å². The summed E-state index contributed by atoms with van der Waals surface area (Å²) in [4.78, 5) is 0. The van der Waals surface area contributed by atoms with Crippen LogP contribution in [0.1, 0.15) is 0 Å². The van der Waals surface area contributed by atoms with Gasteiger partial charge in [-0.05, 0) is 0 Å². The third-order valence-electron chi connectivity index (χ3n) is 18.8. The van der Waals surface area contributed by atoms with E-state index in [9.17, 15) is 148 Å². The Kier molecular flexibility index (Phi) is 29.2. The normalized spacial score (nSPS) is 53.7. The molecule has 0 spiro atoms. The van der Waals surface area contributed by atoms with E-state index in [0.717, 1.165) is 0 Å². The summed E-state index contributed by atoms with van der Waals surface area (Å²) in [7, 11) is 0. The fraction of sp³-hybridized carbons (Fsp3) is 1.00. The average molecular weight is 1480 g/mol. The highest BCUT2D eigenvalue weighted by atomic mass is 16.8. The molecule has 584 valence electrons. The van der Waals surface area contributed by atoms with Crippen LogP contribution < -0.4 is 0 Å². The summed E-state index contributed by atoms with van der Waals surface area (Å²) in [6.07, 6.45) is -89.5. The summed E-state index contributed by atoms with van der Waals surface area (Å²) in [5.74, 6) is 0. The van der Waals surface area contributed by atoms with Gasteiger partial charge in [0.1, 0.15) is 220 Å². The van der Waals surface area contributed by atoms with Crippen molar-refractivity contribution in [1.82, 2.24) is 0 Å². The summed E-state index contributed by atoms with van der Waals surface area (Å²) in [5.41, 5.74) is 0. The van der Waals surface area contributed by atoms with E-state index < -0.39 is 336 Å². The van der Waals surface area contributed by atoms with Gasteiger partial charge >= 0.3 is 0 Å². The topological polar surface area (TPSA) is 744 Å². The minimum atomic E-state index is -2.30. The van der Waals surface area contributed by atoms with Crippen molar-refractivity contribution in [3.8, 4) is 0 Å². The molecule has 46 nitrogen and oxygen atoms in total. The van der Waals surface area contributed by atoms with Crippen LogP contribution in [0.4, 0.5) is 0 Å². The van der Waals surface area contributed by atoms with Gasteiger partial charge in [-0.2, -0.15) is 0 Å². The Hall–Kier alpha value is -1.84. The number of hydrogen-bond acceptors (Lipinski definition) is 46. The monoisotopic (exact) mass is 1480 g/mol. The first kappa shape index (κ1) is 82.2. The zero-order chi connectivity index (χ0) is 73.4. The lowest BCUT2D eigenvalue weighted by Crippen LogP contribution is -2.68. The van der Waals surface area contributed by atoms with Crippen molar-refractivity contribution in [2.75, 3.05) is 59.5 Å². The summed E-state index contributed by atoms with van der Waals surface area (Å²) in [6.45, 7) is -9.29. The van der Waals surface area contributed by atoms with Crippen LogP contribution in [0.5, 0.6) is 0 Å². The van der Waals surface area contributed by atoms with E-state index in [1.165, 1.54) is 0 Å². The fourth-order valence-electron chi connectivity index (χ4n) is 13.0. The van der Waals surface area contributed by atoms with E-state index >= 15 is 0 Å². The van der Waals surface area contributed by atoms with Crippen LogP contribution in [0.3, 0.4) is 0 Å². The molecular weight excluding hydrogens is 1380 g/mol. The maximum Gasteiger partial charge on any atom is 0.187 e. The largest absolute Gasteiger partial charge is 0.394 e. The molecule has 9 fully saturated rings. The van der Waals surface area contributed by atoms with Crippen LogP contribution in [0.25, 0.3) is 0 Å². The number of rotatable bonds is 25. The predicted molar refractivity (Wildman–Crippen MR) is 297 cm³/mol. The summed E-state index contributed by atoms with van der Waals surface area (Å²) in [5, 5.41) is 311. The standard InChI is InChI=1S/C54H92O46/c55-1-10-19(64)20(65)30(75)47(85-10)94-39-12(3-57)87-49(32(77)22(39)67)96-41-14(5-59)89-51(34(79)24(41)69)98-43-16(7-61)91-53(36(81)26(43)71)100-45-18(9-63)92-54(37(82)28(45)73)99-44-17(8-62)90-52(35(80)27(44)72)97-42-15(6-60)88-50(33(78)25(42)70)95-40-13(4-58)86-48(31(76)23(40)68)93-38-11(2-56)84-46(83)29(74)21(38)66/h10-83H,1-9H2/t10-,11+,12-,13+,14-,15+,16-,17+,18+,19+,20-,21-,22+,23-,24+,25-,26+,27-,28-,29-,30+,31-,32+,33-,34+,35-,36+,37-,38-,39+,40+,41+,42+,43+,44-,45-,46?,47+,48+,49+,50+,51+,52-,53+,54-/m0/s1. The van der Waals surface area contributed by atoms with Gasteiger partial charge in [-0.1, -0.05) is 0 Å². The molecule has 0 aliphatic carbocycles. The Morgan fingerprint density at radius 1 is 0.150 bits per heavy atom. The Morgan fingerprint density at radius 2 is 0.290 bits per heavy atom. The van der Waals surface area contributed by atoms with Crippen LogP contribution in [0.2, 0.25) is 0 Å². The van der Waals surface area contributed by atoms with Crippen molar-refractivity contribution in [2.45, 2.75) is 276 Å². The molecule has 46 heteroatoms. The molecule has 29 N–H and O–H groups in total. The lowest BCUT2D eigenvalue weighted by Gasteiger charge is -2.50. The van der Waals surface area contributed by atoms with Crippen molar-refractivity contribution >= 4 is 0 Å². The van der Waals surface area contributed by atoms with Gasteiger partial charge in [-0.3, -0.25) is 0 Å². The first-order chi connectivity index (χ1) is 47.5. The lowest BCUT2D eigenvalue weighted by atomic mass is 9.95. The average Bonchev–Trinajstić information content (AvgIpc) is 0.779. The number of aliphatic hydroxyl groups is 29. The maximum absolute atomic E-state index is 11.5. The van der Waals surface area contributed by atoms with Crippen molar-refractivity contribution in [2.24, 2.45) is 0 Å². The Labute approximate surface area is 563 Å². The first-order valence-electron chi connectivity index (χ1n) is 31.7. The molecule has 0 saturated carbocycles. The molecule has 0 aromatic carbocycles. The fourth-order valence-corrected chi connectivity index (χ4v) is 13.0. The van der Waals surface area contributed by atoms with Crippen LogP contribution >= 0.6 is 0 Å². The van der Waals surface area contributed by atoms with Crippen molar-refractivity contribution in [3.63, 3.8) is 0 Å². The second-order valence-electron chi connectivity index (χ2n) is 25.2. The van der Waals surface area contributed by atoms with E-state index in [4.69, 9.17) is 80.5 Å². The molecule has 0 radical (unpaired) electrons. The highest BCUT2D eigenvalue weighted by Gasteiger charge is 2.60. The van der Waals surface area contributed by atoms with Gasteiger partial charge in [0.05, 0.1) is 59.5 Å². The van der Waals surface area contributed by atoms with Crippen LogP contribution in [-0.4, -0.2) is 484 Å². The predicted octanol–water partition coefficient (Wildman–Crippen LogP) is -20.6. The molecule has 0 bridgehead atoms. The zero-order valence-electron chi connectivity index (χ0n) is 52.3. The van der Waals surface area contributed by atoms with Gasteiger partial charge in [0.25, 0.3) is 0 Å². The number of hydrogen-bond donors (Lipinski definition) is 29. The molecule has 9 heterocycles. The van der Waals surface area contributed by atoms with E-state index in [2.05, 4.69) is 0 Å². The molecule has 0 amide bonds. The van der Waals surface area contributed by atoms with E-state index in [1.807, 2.05) is 0 Å². The van der Waals surface area contributed by atoms with Crippen molar-refractivity contribution in [1.29, 1.82) is 0 Å². The van der Waals surface area contributed by atoms with Crippen LogP contribution in [0.15, 0.2) is 0 Å². The molecule has 45 atom stereocenters. The Bertz CT molecular complexity index is 2440. The first-order valence-corrected chi connectivity index (χ1v) is 31.7. The SMILES string of the molecule is OC[C@@H]1O[C@H](O[C@H]2[C@H](O)[C@@H](O)[C@@H](O[C@H]3[C@H](O)[C@@H](O)[C@@H](O[C@H]4[C@H](O)[C@@H](O)[C@@H](O[C@@H]5[C@@H](O)[C@H](O)[C@H](O[C@@H]6[C@@H](O)[C@H](O)[C@H](O[C@H]7[C@@H](O)[C@H](O)[C@@H](O[C@H]8[C@@H](O)[C@H](O)[C@@H](O[C@@H]9[C@@H](O)[C@H](O)C(O)O[C@@H]9CO)O[C@@H]8CO)O[C@@H]7CO)O[C@@H]6CO)O[C@@H]5CO)O[C@H]4CO)O[C@H]3CO)O[C@H]2CO)[C@H](O)[C@@H](O)[C@@H]1O. The Morgan fingerprint density at radius 3 is 0.460 bits per heavy atom. The van der Waals surface area contributed by atoms with Gasteiger partial charge < -0.3 is 229 Å².